The van der Waals surface area contributed by atoms with E-state index in [0.717, 1.165) is 12.8 Å². The Hall–Kier alpha value is -4.52. The average molecular weight is 591 g/mol. The molecule has 2 aromatic carbocycles. The van der Waals surface area contributed by atoms with Gasteiger partial charge in [-0.25, -0.2) is 14.2 Å². The van der Waals surface area contributed by atoms with Crippen LogP contribution >= 0.6 is 0 Å². The number of pyridine rings is 1. The molecule has 0 saturated carbocycles. The van der Waals surface area contributed by atoms with Crippen molar-refractivity contribution in [1.82, 2.24) is 10.3 Å². The SMILES string of the molecule is CCCCOc1cc(N2CCC(NC(=O)OC(C)(C)C)CC2)nc(-c2ccc(C#N)c(F)c2)c1-c1ccc(OC)c(O)c1. The number of phenols is 1. The zero-order valence-corrected chi connectivity index (χ0v) is 25.4. The van der Waals surface area contributed by atoms with Gasteiger partial charge in [0.1, 0.15) is 29.1 Å². The van der Waals surface area contributed by atoms with E-state index >= 15 is 0 Å². The van der Waals surface area contributed by atoms with Gasteiger partial charge in [0.05, 0.1) is 30.5 Å². The summed E-state index contributed by atoms with van der Waals surface area (Å²) < 4.78 is 31.9. The van der Waals surface area contributed by atoms with E-state index < -0.39 is 17.5 Å². The van der Waals surface area contributed by atoms with Gasteiger partial charge in [0, 0.05) is 30.8 Å². The smallest absolute Gasteiger partial charge is 0.407 e. The number of nitriles is 1. The van der Waals surface area contributed by atoms with Crippen LogP contribution in [-0.4, -0.2) is 54.6 Å². The number of aromatic nitrogens is 1. The van der Waals surface area contributed by atoms with Gasteiger partial charge in [0.2, 0.25) is 0 Å². The highest BCUT2D eigenvalue weighted by molar-refractivity contribution is 5.87. The van der Waals surface area contributed by atoms with E-state index in [4.69, 9.17) is 19.2 Å². The van der Waals surface area contributed by atoms with Gasteiger partial charge in [-0.2, -0.15) is 5.26 Å². The Morgan fingerprint density at radius 1 is 1.14 bits per heavy atom. The van der Waals surface area contributed by atoms with Gasteiger partial charge in [-0.15, -0.1) is 0 Å². The number of unbranched alkanes of at least 4 members (excludes halogenated alkanes) is 1. The van der Waals surface area contributed by atoms with Crippen LogP contribution in [0.3, 0.4) is 0 Å². The van der Waals surface area contributed by atoms with Crippen molar-refractivity contribution in [1.29, 1.82) is 5.26 Å². The number of rotatable bonds is 9. The molecule has 1 aliphatic rings. The summed E-state index contributed by atoms with van der Waals surface area (Å²) in [6, 6.07) is 13.1. The Morgan fingerprint density at radius 3 is 2.47 bits per heavy atom. The molecule has 0 bridgehead atoms. The predicted molar refractivity (Wildman–Crippen MR) is 163 cm³/mol. The zero-order valence-electron chi connectivity index (χ0n) is 25.4. The van der Waals surface area contributed by atoms with Gasteiger partial charge < -0.3 is 29.5 Å². The second-order valence-corrected chi connectivity index (χ2v) is 11.5. The molecule has 10 heteroatoms. The summed E-state index contributed by atoms with van der Waals surface area (Å²) in [6.45, 7) is 9.25. The molecule has 1 amide bonds. The molecule has 43 heavy (non-hydrogen) atoms. The fourth-order valence-corrected chi connectivity index (χ4v) is 4.92. The number of amides is 1. The molecule has 1 aromatic heterocycles. The van der Waals surface area contributed by atoms with Gasteiger partial charge in [0.25, 0.3) is 0 Å². The van der Waals surface area contributed by atoms with Crippen molar-refractivity contribution >= 4 is 11.9 Å². The highest BCUT2D eigenvalue weighted by atomic mass is 19.1. The number of aromatic hydroxyl groups is 1. The number of phenolic OH excluding ortho intramolecular Hbond substituents is 1. The number of hydrogen-bond donors (Lipinski definition) is 2. The lowest BCUT2D eigenvalue weighted by atomic mass is 9.96. The Bertz CT molecular complexity index is 1490. The van der Waals surface area contributed by atoms with Crippen LogP contribution in [0, 0.1) is 17.1 Å². The number of nitrogens with zero attached hydrogens (tertiary/aromatic N) is 3. The van der Waals surface area contributed by atoms with Crippen molar-refractivity contribution in [3.05, 3.63) is 53.8 Å². The number of methoxy groups -OCH3 is 1. The third-order valence-electron chi connectivity index (χ3n) is 7.10. The number of halogens is 1. The lowest BCUT2D eigenvalue weighted by molar-refractivity contribution is 0.0497. The number of hydrogen-bond acceptors (Lipinski definition) is 8. The Labute approximate surface area is 252 Å². The molecule has 1 saturated heterocycles. The quantitative estimate of drug-likeness (QED) is 0.261. The molecule has 4 rings (SSSR count). The second-order valence-electron chi connectivity index (χ2n) is 11.5. The van der Waals surface area contributed by atoms with Crippen LogP contribution in [0.25, 0.3) is 22.4 Å². The standard InChI is InChI=1S/C33H39FN4O5/c1-6-7-16-42-28-19-29(38-14-12-24(13-15-38)36-32(40)43-33(2,3)4)37-31(22-8-9-23(20-35)25(34)17-22)30(28)21-10-11-27(41-5)26(39)18-21/h8-11,17-19,24,39H,6-7,12-16H2,1-5H3,(H,36,40). The molecule has 0 aliphatic carbocycles. The van der Waals surface area contributed by atoms with Crippen molar-refractivity contribution in [3.8, 4) is 45.7 Å². The highest BCUT2D eigenvalue weighted by Crippen LogP contribution is 2.43. The number of benzene rings is 2. The first-order chi connectivity index (χ1) is 20.5. The lowest BCUT2D eigenvalue weighted by Crippen LogP contribution is -2.46. The molecule has 2 heterocycles. The maximum absolute atomic E-state index is 14.9. The van der Waals surface area contributed by atoms with Crippen LogP contribution in [0.1, 0.15) is 58.9 Å². The number of nitrogens with one attached hydrogen (secondary N) is 1. The molecule has 1 fully saturated rings. The molecule has 1 aliphatic heterocycles. The van der Waals surface area contributed by atoms with Crippen LogP contribution in [-0.2, 0) is 4.74 Å². The molecule has 0 atom stereocenters. The van der Waals surface area contributed by atoms with Gasteiger partial charge in [-0.1, -0.05) is 25.5 Å². The first-order valence-electron chi connectivity index (χ1n) is 14.5. The normalized spacial score (nSPS) is 13.7. The molecule has 3 aromatic rings. The maximum Gasteiger partial charge on any atom is 0.407 e. The van der Waals surface area contributed by atoms with Gasteiger partial charge in [0.15, 0.2) is 11.5 Å². The second kappa shape index (κ2) is 13.6. The van der Waals surface area contributed by atoms with E-state index in [1.54, 1.807) is 24.3 Å². The summed E-state index contributed by atoms with van der Waals surface area (Å²) in [4.78, 5) is 19.4. The number of ether oxygens (including phenoxy) is 3. The molecule has 0 spiro atoms. The van der Waals surface area contributed by atoms with E-state index in [0.29, 0.717) is 72.2 Å². The van der Waals surface area contributed by atoms with Gasteiger partial charge in [-0.3, -0.25) is 0 Å². The lowest BCUT2D eigenvalue weighted by Gasteiger charge is -2.34. The zero-order chi connectivity index (χ0) is 31.1. The van der Waals surface area contributed by atoms with Crippen molar-refractivity contribution < 1.29 is 28.5 Å². The van der Waals surface area contributed by atoms with Crippen LogP contribution in [0.15, 0.2) is 42.5 Å². The summed E-state index contributed by atoms with van der Waals surface area (Å²) in [6.07, 6.45) is 2.69. The van der Waals surface area contributed by atoms with Crippen molar-refractivity contribution in [3.63, 3.8) is 0 Å². The van der Waals surface area contributed by atoms with Gasteiger partial charge >= 0.3 is 6.09 Å². The predicted octanol–water partition coefficient (Wildman–Crippen LogP) is 6.81. The Kier molecular flexibility index (Phi) is 9.96. The van der Waals surface area contributed by atoms with Crippen LogP contribution < -0.4 is 19.7 Å². The van der Waals surface area contributed by atoms with E-state index in [9.17, 15) is 19.6 Å². The highest BCUT2D eigenvalue weighted by Gasteiger charge is 2.27. The van der Waals surface area contributed by atoms with Crippen molar-refractivity contribution in [2.45, 2.75) is 65.0 Å². The van der Waals surface area contributed by atoms with Crippen LogP contribution in [0.2, 0.25) is 0 Å². The summed E-state index contributed by atoms with van der Waals surface area (Å²) in [7, 11) is 1.47. The molecule has 0 radical (unpaired) electrons. The van der Waals surface area contributed by atoms with Crippen molar-refractivity contribution in [2.75, 3.05) is 31.7 Å². The summed E-state index contributed by atoms with van der Waals surface area (Å²) in [5.74, 6) is 0.786. The van der Waals surface area contributed by atoms with Crippen LogP contribution in [0.5, 0.6) is 17.2 Å². The van der Waals surface area contributed by atoms with Crippen molar-refractivity contribution in [2.24, 2.45) is 0 Å². The molecule has 228 valence electrons. The van der Waals surface area contributed by atoms with Gasteiger partial charge in [-0.05, 0) is 69.9 Å². The molecule has 0 unspecified atom stereocenters. The largest absolute Gasteiger partial charge is 0.504 e. The molecular weight excluding hydrogens is 551 g/mol. The van der Waals surface area contributed by atoms with E-state index in [-0.39, 0.29) is 17.4 Å². The Balaban J connectivity index is 1.76. The minimum Gasteiger partial charge on any atom is -0.504 e. The number of carbonyl (C=O) groups excluding carboxylic acids is 1. The molecular formula is C33H39FN4O5. The van der Waals surface area contributed by atoms with E-state index in [1.165, 1.54) is 19.2 Å². The minimum absolute atomic E-state index is 0.0417. The summed E-state index contributed by atoms with van der Waals surface area (Å²) in [5, 5.41) is 22.9. The third-order valence-corrected chi connectivity index (χ3v) is 7.10. The number of carbonyl (C=O) groups is 1. The molecule has 2 N–H and O–H groups in total. The topological polar surface area (TPSA) is 117 Å². The number of anilines is 1. The minimum atomic E-state index is -0.654. The maximum atomic E-state index is 14.9. The summed E-state index contributed by atoms with van der Waals surface area (Å²) in [5.41, 5.74) is 1.47. The summed E-state index contributed by atoms with van der Waals surface area (Å²) >= 11 is 0. The fourth-order valence-electron chi connectivity index (χ4n) is 4.92. The number of piperidine rings is 1. The monoisotopic (exact) mass is 590 g/mol. The first-order valence-corrected chi connectivity index (χ1v) is 14.5. The third kappa shape index (κ3) is 7.86. The van der Waals surface area contributed by atoms with E-state index in [1.807, 2.05) is 32.9 Å². The first kappa shape index (κ1) is 31.4. The fraction of sp³-hybridized carbons (Fsp3) is 0.424. The van der Waals surface area contributed by atoms with Crippen LogP contribution in [0.4, 0.5) is 15.0 Å². The Morgan fingerprint density at radius 2 is 1.86 bits per heavy atom. The average Bonchev–Trinajstić information content (AvgIpc) is 2.96. The number of alkyl carbamates (subject to hydrolysis) is 1. The molecule has 9 nitrogen and oxygen atoms in total. The van der Waals surface area contributed by atoms with E-state index in [2.05, 4.69) is 17.1 Å².